The normalized spacial score (nSPS) is 9.91. The molecule has 4 nitrogen and oxygen atoms in total. The van der Waals surface area contributed by atoms with Crippen LogP contribution in [0.4, 0.5) is 5.69 Å². The Morgan fingerprint density at radius 2 is 1.73 bits per heavy atom. The molecule has 0 spiro atoms. The lowest BCUT2D eigenvalue weighted by Gasteiger charge is -2.14. The van der Waals surface area contributed by atoms with Crippen LogP contribution in [0.15, 0.2) is 36.4 Å². The Balaban J connectivity index is 1.98. The molecule has 2 rings (SSSR count). The lowest BCUT2D eigenvalue weighted by Crippen LogP contribution is -2.20. The Kier molecular flexibility index (Phi) is 4.80. The van der Waals surface area contributed by atoms with Crippen LogP contribution in [0.1, 0.15) is 22.3 Å². The maximum atomic E-state index is 11.9. The molecule has 0 fully saturated rings. The van der Waals surface area contributed by atoms with E-state index in [9.17, 15) is 4.79 Å². The number of carbonyl (C=O) groups excluding carboxylic acids is 1. The summed E-state index contributed by atoms with van der Waals surface area (Å²) in [5, 5.41) is 11.5. The molecule has 2 aromatic rings. The standard InChI is InChI=1S/C18H18N2O2/c1-12-4-5-13(2)18(14(12)3)22-11-17(21)20-16-8-6-15(10-19)7-9-16/h4-9H,11H2,1-3H3,(H,20,21). The molecule has 4 heteroatoms. The van der Waals surface area contributed by atoms with E-state index in [1.165, 1.54) is 0 Å². The van der Waals surface area contributed by atoms with Crippen LogP contribution in [0.25, 0.3) is 0 Å². The number of nitrogens with one attached hydrogen (secondary N) is 1. The van der Waals surface area contributed by atoms with Gasteiger partial charge in [0.05, 0.1) is 11.6 Å². The SMILES string of the molecule is Cc1ccc(C)c(OCC(=O)Nc2ccc(C#N)cc2)c1C. The fourth-order valence-corrected chi connectivity index (χ4v) is 2.11. The molecule has 0 unspecified atom stereocenters. The molecule has 0 radical (unpaired) electrons. The van der Waals surface area contributed by atoms with Crippen molar-refractivity contribution in [1.82, 2.24) is 0 Å². The van der Waals surface area contributed by atoms with Gasteiger partial charge in [0, 0.05) is 5.69 Å². The Bertz CT molecular complexity index is 728. The van der Waals surface area contributed by atoms with Crippen LogP contribution >= 0.6 is 0 Å². The molecular formula is C18H18N2O2. The number of ether oxygens (including phenoxy) is 1. The van der Waals surface area contributed by atoms with Gasteiger partial charge in [0.1, 0.15) is 5.75 Å². The number of hydrogen-bond acceptors (Lipinski definition) is 3. The highest BCUT2D eigenvalue weighted by Gasteiger charge is 2.09. The van der Waals surface area contributed by atoms with Crippen LogP contribution in [-0.4, -0.2) is 12.5 Å². The highest BCUT2D eigenvalue weighted by Crippen LogP contribution is 2.25. The van der Waals surface area contributed by atoms with Crippen molar-refractivity contribution in [2.75, 3.05) is 11.9 Å². The molecular weight excluding hydrogens is 276 g/mol. The third-order valence-electron chi connectivity index (χ3n) is 3.52. The van der Waals surface area contributed by atoms with Crippen LogP contribution in [0.3, 0.4) is 0 Å². The highest BCUT2D eigenvalue weighted by molar-refractivity contribution is 5.91. The number of anilines is 1. The van der Waals surface area contributed by atoms with Crippen LogP contribution in [0, 0.1) is 32.1 Å². The third-order valence-corrected chi connectivity index (χ3v) is 3.52. The Hall–Kier alpha value is -2.80. The lowest BCUT2D eigenvalue weighted by atomic mass is 10.1. The first-order valence-corrected chi connectivity index (χ1v) is 7.01. The van der Waals surface area contributed by atoms with E-state index >= 15 is 0 Å². The van der Waals surface area contributed by atoms with Gasteiger partial charge in [0.2, 0.25) is 0 Å². The van der Waals surface area contributed by atoms with Crippen LogP contribution in [0.5, 0.6) is 5.75 Å². The van der Waals surface area contributed by atoms with E-state index in [4.69, 9.17) is 10.00 Å². The summed E-state index contributed by atoms with van der Waals surface area (Å²) in [5.74, 6) is 0.528. The molecule has 0 aliphatic heterocycles. The molecule has 0 aliphatic carbocycles. The molecule has 1 amide bonds. The van der Waals surface area contributed by atoms with E-state index in [1.807, 2.05) is 39.0 Å². The number of benzene rings is 2. The zero-order valence-electron chi connectivity index (χ0n) is 12.9. The zero-order valence-corrected chi connectivity index (χ0v) is 12.9. The number of amides is 1. The average Bonchev–Trinajstić information content (AvgIpc) is 2.52. The molecule has 112 valence electrons. The molecule has 2 aromatic carbocycles. The number of nitriles is 1. The van der Waals surface area contributed by atoms with Crippen molar-refractivity contribution >= 4 is 11.6 Å². The summed E-state index contributed by atoms with van der Waals surface area (Å²) in [7, 11) is 0. The van der Waals surface area contributed by atoms with Crippen LogP contribution in [0.2, 0.25) is 0 Å². The smallest absolute Gasteiger partial charge is 0.262 e. The van der Waals surface area contributed by atoms with Gasteiger partial charge in [-0.15, -0.1) is 0 Å². The second-order valence-corrected chi connectivity index (χ2v) is 5.18. The van der Waals surface area contributed by atoms with Gasteiger partial charge in [0.25, 0.3) is 5.91 Å². The maximum absolute atomic E-state index is 11.9. The van der Waals surface area contributed by atoms with Crippen LogP contribution in [-0.2, 0) is 4.79 Å². The molecule has 0 saturated heterocycles. The topological polar surface area (TPSA) is 62.1 Å². The predicted molar refractivity (Wildman–Crippen MR) is 85.9 cm³/mol. The molecule has 0 atom stereocenters. The first-order chi connectivity index (χ1) is 10.5. The molecule has 0 bridgehead atoms. The van der Waals surface area contributed by atoms with Crippen molar-refractivity contribution in [1.29, 1.82) is 5.26 Å². The summed E-state index contributed by atoms with van der Waals surface area (Å²) in [6.07, 6.45) is 0. The molecule has 0 heterocycles. The summed E-state index contributed by atoms with van der Waals surface area (Å²) >= 11 is 0. The Morgan fingerprint density at radius 1 is 1.09 bits per heavy atom. The van der Waals surface area contributed by atoms with Gasteiger partial charge in [-0.3, -0.25) is 4.79 Å². The van der Waals surface area contributed by atoms with E-state index in [-0.39, 0.29) is 12.5 Å². The van der Waals surface area contributed by atoms with Crippen molar-refractivity contribution in [2.24, 2.45) is 0 Å². The number of aryl methyl sites for hydroxylation is 2. The van der Waals surface area contributed by atoms with Gasteiger partial charge in [-0.1, -0.05) is 12.1 Å². The minimum atomic E-state index is -0.231. The number of carbonyl (C=O) groups is 1. The molecule has 0 aromatic heterocycles. The third kappa shape index (κ3) is 3.64. The van der Waals surface area contributed by atoms with Gasteiger partial charge < -0.3 is 10.1 Å². The van der Waals surface area contributed by atoms with E-state index in [1.54, 1.807) is 24.3 Å². The molecule has 0 saturated carbocycles. The van der Waals surface area contributed by atoms with Crippen molar-refractivity contribution in [3.8, 4) is 11.8 Å². The minimum Gasteiger partial charge on any atom is -0.483 e. The number of nitrogens with zero attached hydrogens (tertiary/aromatic N) is 1. The summed E-state index contributed by atoms with van der Waals surface area (Å²) in [4.78, 5) is 11.9. The first kappa shape index (κ1) is 15.6. The van der Waals surface area contributed by atoms with Gasteiger partial charge >= 0.3 is 0 Å². The second-order valence-electron chi connectivity index (χ2n) is 5.18. The van der Waals surface area contributed by atoms with Crippen molar-refractivity contribution < 1.29 is 9.53 Å². The van der Waals surface area contributed by atoms with E-state index in [0.717, 1.165) is 22.4 Å². The number of rotatable bonds is 4. The van der Waals surface area contributed by atoms with E-state index in [0.29, 0.717) is 11.3 Å². The summed E-state index contributed by atoms with van der Waals surface area (Å²) in [6, 6.07) is 12.8. The van der Waals surface area contributed by atoms with Crippen molar-refractivity contribution in [2.45, 2.75) is 20.8 Å². The summed E-state index contributed by atoms with van der Waals surface area (Å²) in [5.41, 5.74) is 4.39. The minimum absolute atomic E-state index is 0.0505. The van der Waals surface area contributed by atoms with Gasteiger partial charge in [0.15, 0.2) is 6.61 Å². The largest absolute Gasteiger partial charge is 0.483 e. The van der Waals surface area contributed by atoms with Gasteiger partial charge in [-0.05, 0) is 61.7 Å². The van der Waals surface area contributed by atoms with Crippen molar-refractivity contribution in [3.05, 3.63) is 58.7 Å². The zero-order chi connectivity index (χ0) is 16.1. The average molecular weight is 294 g/mol. The Labute approximate surface area is 130 Å². The van der Waals surface area contributed by atoms with Crippen LogP contribution < -0.4 is 10.1 Å². The first-order valence-electron chi connectivity index (χ1n) is 7.01. The van der Waals surface area contributed by atoms with E-state index in [2.05, 4.69) is 5.32 Å². The van der Waals surface area contributed by atoms with Gasteiger partial charge in [-0.25, -0.2) is 0 Å². The lowest BCUT2D eigenvalue weighted by molar-refractivity contribution is -0.118. The molecule has 1 N–H and O–H groups in total. The maximum Gasteiger partial charge on any atom is 0.262 e. The Morgan fingerprint density at radius 3 is 2.36 bits per heavy atom. The highest BCUT2D eigenvalue weighted by atomic mass is 16.5. The van der Waals surface area contributed by atoms with E-state index < -0.39 is 0 Å². The summed E-state index contributed by atoms with van der Waals surface area (Å²) in [6.45, 7) is 5.90. The van der Waals surface area contributed by atoms with Crippen molar-refractivity contribution in [3.63, 3.8) is 0 Å². The predicted octanol–water partition coefficient (Wildman–Crippen LogP) is 3.50. The fraction of sp³-hybridized carbons (Fsp3) is 0.222. The second kappa shape index (κ2) is 6.77. The van der Waals surface area contributed by atoms with Gasteiger partial charge in [-0.2, -0.15) is 5.26 Å². The molecule has 0 aliphatic rings. The molecule has 22 heavy (non-hydrogen) atoms. The monoisotopic (exact) mass is 294 g/mol. The summed E-state index contributed by atoms with van der Waals surface area (Å²) < 4.78 is 5.66. The number of hydrogen-bond donors (Lipinski definition) is 1. The fourth-order valence-electron chi connectivity index (χ4n) is 2.11. The quantitative estimate of drug-likeness (QED) is 0.938.